The molecule has 0 aromatic carbocycles. The fraction of sp³-hybridized carbons (Fsp3) is 1.00. The molecule has 3 N–H and O–H groups in total. The summed E-state index contributed by atoms with van der Waals surface area (Å²) in [7, 11) is 0. The highest BCUT2D eigenvalue weighted by Crippen LogP contribution is 2.29. The summed E-state index contributed by atoms with van der Waals surface area (Å²) in [5.74, 6) is 1.000. The quantitative estimate of drug-likeness (QED) is 0.693. The predicted molar refractivity (Wildman–Crippen MR) is 69.9 cm³/mol. The molecule has 1 aliphatic carbocycles. The Labute approximate surface area is 105 Å². The monoisotopic (exact) mass is 241 g/mol. The van der Waals surface area contributed by atoms with Gasteiger partial charge in [-0.3, -0.25) is 0 Å². The van der Waals surface area contributed by atoms with E-state index in [9.17, 15) is 5.11 Å². The highest BCUT2D eigenvalue weighted by molar-refractivity contribution is 4.82. The van der Waals surface area contributed by atoms with Crippen molar-refractivity contribution in [2.75, 3.05) is 45.8 Å². The van der Waals surface area contributed by atoms with Crippen molar-refractivity contribution in [3.8, 4) is 0 Å². The van der Waals surface area contributed by atoms with Crippen LogP contribution in [-0.2, 0) is 0 Å². The van der Waals surface area contributed by atoms with Gasteiger partial charge in [0.1, 0.15) is 0 Å². The first kappa shape index (κ1) is 13.3. The molecule has 0 bridgehead atoms. The molecule has 1 atom stereocenters. The van der Waals surface area contributed by atoms with Gasteiger partial charge in [0.2, 0.25) is 0 Å². The lowest BCUT2D eigenvalue weighted by molar-refractivity contribution is 0.0387. The van der Waals surface area contributed by atoms with Gasteiger partial charge in [0.05, 0.1) is 5.60 Å². The van der Waals surface area contributed by atoms with Gasteiger partial charge in [0.15, 0.2) is 0 Å². The van der Waals surface area contributed by atoms with Crippen molar-refractivity contribution in [1.82, 2.24) is 9.80 Å². The molecule has 2 aliphatic rings. The zero-order valence-corrected chi connectivity index (χ0v) is 11.1. The minimum Gasteiger partial charge on any atom is -0.389 e. The van der Waals surface area contributed by atoms with Crippen LogP contribution in [0.5, 0.6) is 0 Å². The molecule has 1 unspecified atom stereocenters. The Balaban J connectivity index is 1.61. The number of nitrogens with zero attached hydrogens (tertiary/aromatic N) is 2. The highest BCUT2D eigenvalue weighted by Gasteiger charge is 2.27. The van der Waals surface area contributed by atoms with Gasteiger partial charge >= 0.3 is 0 Å². The molecule has 1 saturated carbocycles. The van der Waals surface area contributed by atoms with E-state index >= 15 is 0 Å². The van der Waals surface area contributed by atoms with Crippen LogP contribution in [0.3, 0.4) is 0 Å². The fourth-order valence-electron chi connectivity index (χ4n) is 2.36. The van der Waals surface area contributed by atoms with E-state index < -0.39 is 5.60 Å². The molecule has 1 aliphatic heterocycles. The molecule has 2 fully saturated rings. The zero-order chi connectivity index (χ0) is 12.3. The molecular weight excluding hydrogens is 214 g/mol. The van der Waals surface area contributed by atoms with Crippen molar-refractivity contribution in [2.24, 2.45) is 11.7 Å². The Hall–Kier alpha value is -0.160. The molecular formula is C13H27N3O. The minimum atomic E-state index is -0.689. The van der Waals surface area contributed by atoms with Gasteiger partial charge in [-0.2, -0.15) is 0 Å². The molecule has 0 spiro atoms. The van der Waals surface area contributed by atoms with Crippen LogP contribution in [0.1, 0.15) is 26.2 Å². The van der Waals surface area contributed by atoms with E-state index in [1.54, 1.807) is 0 Å². The molecule has 0 aromatic rings. The van der Waals surface area contributed by atoms with Crippen LogP contribution in [0.25, 0.3) is 0 Å². The van der Waals surface area contributed by atoms with Gasteiger partial charge in [-0.15, -0.1) is 0 Å². The summed E-state index contributed by atoms with van der Waals surface area (Å²) in [6.07, 6.45) is 3.67. The van der Waals surface area contributed by atoms with Gasteiger partial charge in [-0.25, -0.2) is 0 Å². The Kier molecular flexibility index (Phi) is 4.42. The molecule has 0 amide bonds. The Bertz CT molecular complexity index is 233. The van der Waals surface area contributed by atoms with E-state index in [-0.39, 0.29) is 0 Å². The predicted octanol–water partition coefficient (Wildman–Crippen LogP) is 0.114. The van der Waals surface area contributed by atoms with Gasteiger partial charge in [0.25, 0.3) is 0 Å². The number of nitrogens with two attached hydrogens (primary N) is 1. The summed E-state index contributed by atoms with van der Waals surface area (Å²) in [5, 5.41) is 9.87. The minimum absolute atomic E-state index is 0.356. The van der Waals surface area contributed by atoms with Gasteiger partial charge in [0, 0.05) is 45.8 Å². The number of aliphatic hydroxyl groups is 1. The largest absolute Gasteiger partial charge is 0.389 e. The normalized spacial score (nSPS) is 27.0. The summed E-state index contributed by atoms with van der Waals surface area (Å²) in [4.78, 5) is 5.04. The van der Waals surface area contributed by atoms with E-state index in [4.69, 9.17) is 5.73 Å². The van der Waals surface area contributed by atoms with Crippen LogP contribution >= 0.6 is 0 Å². The second-order valence-electron chi connectivity index (χ2n) is 6.04. The van der Waals surface area contributed by atoms with Gasteiger partial charge in [-0.05, 0) is 32.1 Å². The Morgan fingerprint density at radius 1 is 1.18 bits per heavy atom. The van der Waals surface area contributed by atoms with Crippen LogP contribution in [0.2, 0.25) is 0 Å². The van der Waals surface area contributed by atoms with E-state index in [1.165, 1.54) is 32.5 Å². The molecule has 0 aromatic heterocycles. The molecule has 1 saturated heterocycles. The number of hydrogen-bond donors (Lipinski definition) is 2. The summed E-state index contributed by atoms with van der Waals surface area (Å²) >= 11 is 0. The van der Waals surface area contributed by atoms with E-state index in [0.717, 1.165) is 32.0 Å². The Morgan fingerprint density at radius 2 is 1.76 bits per heavy atom. The summed E-state index contributed by atoms with van der Waals surface area (Å²) in [6, 6.07) is 0. The van der Waals surface area contributed by atoms with E-state index in [1.807, 2.05) is 6.92 Å². The lowest BCUT2D eigenvalue weighted by Gasteiger charge is -2.36. The smallest absolute Gasteiger partial charge is 0.0753 e. The maximum atomic E-state index is 9.87. The average Bonchev–Trinajstić information content (AvgIpc) is 3.12. The SMILES string of the molecule is CC(O)(CN)CCN1CCN(CC2CC2)CC1. The molecule has 100 valence electrons. The average molecular weight is 241 g/mol. The van der Waals surface area contributed by atoms with Crippen LogP contribution in [0.15, 0.2) is 0 Å². The summed E-state index contributed by atoms with van der Waals surface area (Å²) < 4.78 is 0. The summed E-state index contributed by atoms with van der Waals surface area (Å²) in [5.41, 5.74) is 4.84. The Morgan fingerprint density at radius 3 is 2.29 bits per heavy atom. The first-order chi connectivity index (χ1) is 8.09. The van der Waals surface area contributed by atoms with E-state index in [0.29, 0.717) is 6.54 Å². The maximum Gasteiger partial charge on any atom is 0.0753 e. The van der Waals surface area contributed by atoms with Crippen molar-refractivity contribution >= 4 is 0 Å². The highest BCUT2D eigenvalue weighted by atomic mass is 16.3. The van der Waals surface area contributed by atoms with Gasteiger partial charge in [-0.1, -0.05) is 0 Å². The van der Waals surface area contributed by atoms with Crippen LogP contribution in [-0.4, -0.2) is 66.3 Å². The second kappa shape index (κ2) is 5.65. The number of rotatable bonds is 6. The zero-order valence-electron chi connectivity index (χ0n) is 11.1. The molecule has 2 rings (SSSR count). The van der Waals surface area contributed by atoms with Crippen molar-refractivity contribution in [3.63, 3.8) is 0 Å². The van der Waals surface area contributed by atoms with Gasteiger partial charge < -0.3 is 20.6 Å². The van der Waals surface area contributed by atoms with Crippen LogP contribution < -0.4 is 5.73 Å². The maximum absolute atomic E-state index is 9.87. The van der Waals surface area contributed by atoms with Crippen LogP contribution in [0.4, 0.5) is 0 Å². The lowest BCUT2D eigenvalue weighted by atomic mass is 10.0. The van der Waals surface area contributed by atoms with E-state index in [2.05, 4.69) is 9.80 Å². The number of piperazine rings is 1. The third kappa shape index (κ3) is 4.54. The third-order valence-electron chi connectivity index (χ3n) is 4.08. The third-order valence-corrected chi connectivity index (χ3v) is 4.08. The topological polar surface area (TPSA) is 52.7 Å². The molecule has 4 heteroatoms. The van der Waals surface area contributed by atoms with Crippen molar-refractivity contribution in [3.05, 3.63) is 0 Å². The molecule has 1 heterocycles. The van der Waals surface area contributed by atoms with Crippen molar-refractivity contribution in [2.45, 2.75) is 31.8 Å². The lowest BCUT2D eigenvalue weighted by Crippen LogP contribution is -2.48. The molecule has 4 nitrogen and oxygen atoms in total. The summed E-state index contributed by atoms with van der Waals surface area (Å²) in [6.45, 7) is 9.16. The fourth-order valence-corrected chi connectivity index (χ4v) is 2.36. The van der Waals surface area contributed by atoms with Crippen molar-refractivity contribution in [1.29, 1.82) is 0 Å². The first-order valence-corrected chi connectivity index (χ1v) is 6.96. The standard InChI is InChI=1S/C13H27N3O/c1-13(17,11-14)4-5-15-6-8-16(9-7-15)10-12-2-3-12/h12,17H,2-11,14H2,1H3. The molecule has 0 radical (unpaired) electrons. The van der Waals surface area contributed by atoms with Crippen LogP contribution in [0, 0.1) is 5.92 Å². The number of hydrogen-bond acceptors (Lipinski definition) is 4. The second-order valence-corrected chi connectivity index (χ2v) is 6.04. The first-order valence-electron chi connectivity index (χ1n) is 6.96. The molecule has 17 heavy (non-hydrogen) atoms. The van der Waals surface area contributed by atoms with Crippen molar-refractivity contribution < 1.29 is 5.11 Å².